The van der Waals surface area contributed by atoms with Gasteiger partial charge in [0.1, 0.15) is 0 Å². The summed E-state index contributed by atoms with van der Waals surface area (Å²) in [6.07, 6.45) is 8.82. The number of amides is 2. The molecule has 18 heteroatoms. The third-order valence-electron chi connectivity index (χ3n) is 13.3. The van der Waals surface area contributed by atoms with Crippen LogP contribution in [0.4, 0.5) is 4.79 Å². The second-order valence-corrected chi connectivity index (χ2v) is 18.5. The van der Waals surface area contributed by atoms with Crippen LogP contribution in [0.1, 0.15) is 122 Å². The van der Waals surface area contributed by atoms with Crippen molar-refractivity contribution in [2.24, 2.45) is 15.0 Å². The quantitative estimate of drug-likeness (QED) is 0.0260. The molecule has 4 aromatic carbocycles. The number of unbranched alkanes of at least 4 members (excludes halogenated alkanes) is 2. The molecule has 2 saturated heterocycles. The van der Waals surface area contributed by atoms with Crippen LogP contribution >= 0.6 is 0 Å². The number of aromatic hydroxyl groups is 2. The van der Waals surface area contributed by atoms with E-state index >= 15 is 0 Å². The lowest BCUT2D eigenvalue weighted by molar-refractivity contribution is 0.100. The molecule has 388 valence electrons. The summed E-state index contributed by atoms with van der Waals surface area (Å²) in [7, 11) is 0. The molecule has 4 aliphatic heterocycles. The van der Waals surface area contributed by atoms with Gasteiger partial charge in [0, 0.05) is 63.7 Å². The first-order chi connectivity index (χ1) is 36.0. The van der Waals surface area contributed by atoms with Gasteiger partial charge in [-0.2, -0.15) is 0 Å². The smallest absolute Gasteiger partial charge is 0.317 e. The molecule has 0 radical (unpaired) electrons. The number of carbonyl (C=O) groups is 3. The highest BCUT2D eigenvalue weighted by atomic mass is 16.7. The Hall–Kier alpha value is -7.95. The third-order valence-corrected chi connectivity index (χ3v) is 13.3. The molecule has 0 unspecified atom stereocenters. The van der Waals surface area contributed by atoms with Gasteiger partial charge in [-0.15, -0.1) is 0 Å². The van der Waals surface area contributed by atoms with Gasteiger partial charge in [0.2, 0.25) is 19.7 Å². The van der Waals surface area contributed by atoms with E-state index in [1.165, 1.54) is 19.9 Å². The number of fused-ring (bicyclic) bond motifs is 4. The predicted molar refractivity (Wildman–Crippen MR) is 283 cm³/mol. The first kappa shape index (κ1) is 52.4. The summed E-state index contributed by atoms with van der Waals surface area (Å²) < 4.78 is 22.1. The number of nitrogens with zero attached hydrogens (tertiary/aromatic N) is 4. The Balaban J connectivity index is 0.000000177. The summed E-state index contributed by atoms with van der Waals surface area (Å²) in [5.74, 6) is 2.58. The van der Waals surface area contributed by atoms with Crippen molar-refractivity contribution < 1.29 is 48.3 Å². The van der Waals surface area contributed by atoms with Gasteiger partial charge in [-0.05, 0) is 138 Å². The van der Waals surface area contributed by atoms with Crippen LogP contribution in [0.15, 0.2) is 87.8 Å². The highest BCUT2D eigenvalue weighted by Gasteiger charge is 2.28. The zero-order valence-electron chi connectivity index (χ0n) is 42.3. The van der Waals surface area contributed by atoms with E-state index in [0.29, 0.717) is 107 Å². The molecule has 2 amide bonds. The highest BCUT2D eigenvalue weighted by Crippen LogP contribution is 2.39. The fraction of sp³-hybridized carbons (Fsp3) is 0.393. The van der Waals surface area contributed by atoms with E-state index in [2.05, 4.69) is 39.4 Å². The fourth-order valence-corrected chi connectivity index (χ4v) is 9.19. The van der Waals surface area contributed by atoms with E-state index in [9.17, 15) is 29.4 Å². The average Bonchev–Trinajstić information content (AvgIpc) is 4.22. The van der Waals surface area contributed by atoms with Crippen molar-refractivity contribution in [2.45, 2.75) is 91.1 Å². The lowest BCUT2D eigenvalue weighted by Crippen LogP contribution is -2.45. The molecule has 0 bridgehead atoms. The van der Waals surface area contributed by atoms with Crippen molar-refractivity contribution in [3.63, 3.8) is 0 Å². The van der Waals surface area contributed by atoms with Crippen LogP contribution < -0.4 is 29.6 Å². The van der Waals surface area contributed by atoms with E-state index < -0.39 is 0 Å². The number of likely N-dealkylation sites (tertiary alicyclic amines) is 1. The molecule has 74 heavy (non-hydrogen) atoms. The lowest BCUT2D eigenvalue weighted by atomic mass is 9.97. The summed E-state index contributed by atoms with van der Waals surface area (Å²) in [6, 6.07) is 22.1. The largest absolute Gasteiger partial charge is 0.494 e. The van der Waals surface area contributed by atoms with Crippen LogP contribution in [0.5, 0.6) is 34.8 Å². The molecule has 6 heterocycles. The first-order valence-corrected chi connectivity index (χ1v) is 25.4. The number of ether oxygens (including phenoxy) is 4. The minimum atomic E-state index is -0.0558. The number of aromatic amines is 2. The van der Waals surface area contributed by atoms with Gasteiger partial charge in [-0.25, -0.2) is 14.6 Å². The number of ketones is 2. The Morgan fingerprint density at radius 2 is 1.12 bits per heavy atom. The molecule has 2 fully saturated rings. The molecule has 2 aromatic heterocycles. The number of H-pyrrole nitrogens is 2. The second kappa shape index (κ2) is 24.6. The zero-order chi connectivity index (χ0) is 52.1. The van der Waals surface area contributed by atoms with Gasteiger partial charge in [-0.1, -0.05) is 26.7 Å². The Bertz CT molecular complexity index is 3100. The molecule has 0 saturated carbocycles. The predicted octanol–water partition coefficient (Wildman–Crippen LogP) is 9.13. The number of isocyanates is 1. The topological polar surface area (TPSA) is 242 Å². The van der Waals surface area contributed by atoms with Gasteiger partial charge in [0.25, 0.3) is 0 Å². The standard InChI is InChI=1S/C28H32N4O5.C23H23N3O4.C5H9NO/c1-3-4-11-29-28(35)32-12-9-20(10-13-32)30-26(19-6-8-23-24(15-19)37-16-36-23)25-21-14-18(17(2)33)5-7-22(21)31-27(25)34;1-13(27)14-2-4-18-17(10-14)21(23(28)26-18)22(25-16-6-8-24-9-7-16)15-3-5-19-20(11-15)30-12-29-19;1-2-3-4-6-5-7/h5-8,14-15,20,31,34H,3-4,9-13,16H2,1-2H3,(H,29,35);2-5,10-11,16,24,26,28H,6-9,12H2,1H3;2-4H2,1H3. The van der Waals surface area contributed by atoms with Crippen molar-refractivity contribution in [1.29, 1.82) is 0 Å². The van der Waals surface area contributed by atoms with Crippen LogP contribution in [0.3, 0.4) is 0 Å². The average molecular weight is 1010 g/mol. The maximum absolute atomic E-state index is 12.5. The van der Waals surface area contributed by atoms with Gasteiger partial charge in [0.15, 0.2) is 46.3 Å². The van der Waals surface area contributed by atoms with E-state index in [4.69, 9.17) is 28.9 Å². The number of nitrogens with one attached hydrogen (secondary N) is 4. The Kier molecular flexibility index (Phi) is 17.4. The van der Waals surface area contributed by atoms with Crippen LogP contribution in [-0.2, 0) is 4.79 Å². The van der Waals surface area contributed by atoms with Crippen molar-refractivity contribution >= 4 is 56.9 Å². The van der Waals surface area contributed by atoms with Crippen LogP contribution in [0.25, 0.3) is 21.8 Å². The van der Waals surface area contributed by atoms with Crippen molar-refractivity contribution in [3.05, 3.63) is 106 Å². The minimum Gasteiger partial charge on any atom is -0.494 e. The first-order valence-electron chi connectivity index (χ1n) is 25.4. The normalized spacial score (nSPS) is 15.5. The Morgan fingerprint density at radius 3 is 1.59 bits per heavy atom. The van der Waals surface area contributed by atoms with Crippen LogP contribution in [0, 0.1) is 0 Å². The van der Waals surface area contributed by atoms with E-state index in [0.717, 1.165) is 73.6 Å². The number of hydrogen-bond acceptors (Lipinski definition) is 14. The van der Waals surface area contributed by atoms with E-state index in [-0.39, 0.29) is 55.0 Å². The lowest BCUT2D eigenvalue weighted by Gasteiger charge is -2.30. The molecule has 10 rings (SSSR count). The molecule has 0 spiro atoms. The third kappa shape index (κ3) is 12.4. The molecule has 6 aromatic rings. The maximum atomic E-state index is 12.5. The molecule has 0 aliphatic carbocycles. The maximum Gasteiger partial charge on any atom is 0.317 e. The number of rotatable bonds is 14. The number of aliphatic imine (C=N–C) groups is 3. The minimum absolute atomic E-state index is 0.0140. The second-order valence-electron chi connectivity index (χ2n) is 18.5. The number of carbonyl (C=O) groups excluding carboxylic acids is 4. The fourth-order valence-electron chi connectivity index (χ4n) is 9.19. The molecule has 18 nitrogen and oxygen atoms in total. The molecular formula is C56H64N8O10. The number of hydrogen-bond donors (Lipinski definition) is 6. The van der Waals surface area contributed by atoms with E-state index in [1.807, 2.05) is 53.4 Å². The number of urea groups is 1. The summed E-state index contributed by atoms with van der Waals surface area (Å²) >= 11 is 0. The molecule has 0 atom stereocenters. The molecular weight excluding hydrogens is 945 g/mol. The van der Waals surface area contributed by atoms with Gasteiger partial charge in [-0.3, -0.25) is 19.6 Å². The monoisotopic (exact) mass is 1010 g/mol. The summed E-state index contributed by atoms with van der Waals surface area (Å²) in [5, 5.41) is 29.7. The van der Waals surface area contributed by atoms with Gasteiger partial charge in [0.05, 0.1) is 41.2 Å². The number of Topliss-reactive ketones (excluding diaryl/α,β-unsaturated/α-hetero) is 2. The summed E-state index contributed by atoms with van der Waals surface area (Å²) in [6.45, 7) is 11.9. The van der Waals surface area contributed by atoms with E-state index in [1.54, 1.807) is 24.3 Å². The van der Waals surface area contributed by atoms with Gasteiger partial charge < -0.3 is 54.7 Å². The number of piperidine rings is 2. The van der Waals surface area contributed by atoms with Gasteiger partial charge >= 0.3 is 6.03 Å². The summed E-state index contributed by atoms with van der Waals surface area (Å²) in [5.41, 5.74) is 6.65. The molecule has 6 N–H and O–H groups in total. The van der Waals surface area contributed by atoms with Crippen molar-refractivity contribution in [3.8, 4) is 34.8 Å². The molecule has 4 aliphatic rings. The Labute approximate surface area is 429 Å². The van der Waals surface area contributed by atoms with Crippen LogP contribution in [0.2, 0.25) is 0 Å². The van der Waals surface area contributed by atoms with Crippen molar-refractivity contribution in [2.75, 3.05) is 52.9 Å². The zero-order valence-corrected chi connectivity index (χ0v) is 42.3. The highest BCUT2D eigenvalue weighted by molar-refractivity contribution is 6.23. The SMILES string of the molecule is CC(=O)c1ccc2[nH]c(O)c(C(=NC3CCNCC3)c3ccc4c(c3)OCO4)c2c1.CCCCN=C=O.CCCCNC(=O)N1CCC(N=C(c2ccc3c(c2)OCO3)c2c(O)[nH]c3ccc(C(C)=O)cc23)CC1. The summed E-state index contributed by atoms with van der Waals surface area (Å²) in [4.78, 5) is 67.4. The Morgan fingerprint density at radius 1 is 0.649 bits per heavy atom. The van der Waals surface area contributed by atoms with Crippen LogP contribution in [-0.4, -0.2) is 125 Å². The number of aromatic nitrogens is 2. The van der Waals surface area contributed by atoms with Crippen molar-refractivity contribution in [1.82, 2.24) is 25.5 Å². The number of benzene rings is 4.